The number of ketones is 1. The van der Waals surface area contributed by atoms with Crippen molar-refractivity contribution in [3.63, 3.8) is 0 Å². The van der Waals surface area contributed by atoms with Crippen LogP contribution in [0.15, 0.2) is 6.20 Å². The lowest BCUT2D eigenvalue weighted by atomic mass is 9.85. The van der Waals surface area contributed by atoms with Crippen LogP contribution in [0.4, 0.5) is 0 Å². The molecule has 112 valence electrons. The maximum atomic E-state index is 12.3. The van der Waals surface area contributed by atoms with Crippen LogP contribution in [-0.4, -0.2) is 47.2 Å². The predicted molar refractivity (Wildman–Crippen MR) is 74.0 cm³/mol. The van der Waals surface area contributed by atoms with Gasteiger partial charge >= 0.3 is 0 Å². The summed E-state index contributed by atoms with van der Waals surface area (Å²) < 4.78 is 24.8. The van der Waals surface area contributed by atoms with Crippen LogP contribution >= 0.6 is 0 Å². The molecule has 1 aliphatic rings. The summed E-state index contributed by atoms with van der Waals surface area (Å²) in [4.78, 5) is 12.3. The fourth-order valence-electron chi connectivity index (χ4n) is 2.63. The molecule has 0 radical (unpaired) electrons. The van der Waals surface area contributed by atoms with Gasteiger partial charge in [-0.05, 0) is 19.3 Å². The van der Waals surface area contributed by atoms with Crippen molar-refractivity contribution < 1.29 is 13.2 Å². The molecule has 1 aliphatic carbocycles. The molecule has 2 atom stereocenters. The summed E-state index contributed by atoms with van der Waals surface area (Å²) in [5.41, 5.74) is 5.72. The Balaban J connectivity index is 2.08. The summed E-state index contributed by atoms with van der Waals surface area (Å²) in [6, 6.07) is 0. The summed E-state index contributed by atoms with van der Waals surface area (Å²) in [6.07, 6.45) is 5.32. The standard InChI is InChI=1S/C12H20N4O3S/c1-20(18,19)10-4-2-3-9(7-10)12(17)11-8-16(6-5-13)15-14-11/h8-10H,2-7,13H2,1H3. The monoisotopic (exact) mass is 300 g/mol. The molecular weight excluding hydrogens is 280 g/mol. The maximum absolute atomic E-state index is 12.3. The number of carbonyl (C=O) groups is 1. The van der Waals surface area contributed by atoms with Gasteiger partial charge in [-0.1, -0.05) is 11.6 Å². The van der Waals surface area contributed by atoms with Crippen LogP contribution in [0.1, 0.15) is 36.2 Å². The topological polar surface area (TPSA) is 108 Å². The normalized spacial score (nSPS) is 23.7. The Morgan fingerprint density at radius 3 is 2.90 bits per heavy atom. The van der Waals surface area contributed by atoms with Crippen LogP contribution in [0.25, 0.3) is 0 Å². The highest BCUT2D eigenvalue weighted by Gasteiger charge is 2.33. The molecule has 1 fully saturated rings. The second kappa shape index (κ2) is 6.01. The number of Topliss-reactive ketones (excluding diaryl/α,β-unsaturated/α-hetero) is 1. The molecule has 1 heterocycles. The average molecular weight is 300 g/mol. The first-order valence-electron chi connectivity index (χ1n) is 6.75. The van der Waals surface area contributed by atoms with Crippen LogP contribution in [-0.2, 0) is 16.4 Å². The molecule has 2 rings (SSSR count). The van der Waals surface area contributed by atoms with Crippen molar-refractivity contribution in [1.82, 2.24) is 15.0 Å². The molecule has 7 nitrogen and oxygen atoms in total. The highest BCUT2D eigenvalue weighted by molar-refractivity contribution is 7.91. The summed E-state index contributed by atoms with van der Waals surface area (Å²) >= 11 is 0. The van der Waals surface area contributed by atoms with Gasteiger partial charge < -0.3 is 5.73 Å². The highest BCUT2D eigenvalue weighted by atomic mass is 32.2. The molecule has 0 amide bonds. The van der Waals surface area contributed by atoms with Crippen LogP contribution < -0.4 is 5.73 Å². The molecule has 2 N–H and O–H groups in total. The number of carbonyl (C=O) groups excluding carboxylic acids is 1. The van der Waals surface area contributed by atoms with Crippen molar-refractivity contribution in [3.8, 4) is 0 Å². The van der Waals surface area contributed by atoms with E-state index in [9.17, 15) is 13.2 Å². The first-order chi connectivity index (χ1) is 9.41. The van der Waals surface area contributed by atoms with Gasteiger partial charge in [0.2, 0.25) is 0 Å². The van der Waals surface area contributed by atoms with Crippen LogP contribution in [0.5, 0.6) is 0 Å². The van der Waals surface area contributed by atoms with E-state index in [0.29, 0.717) is 38.0 Å². The maximum Gasteiger partial charge on any atom is 0.187 e. The lowest BCUT2D eigenvalue weighted by Crippen LogP contribution is -2.31. The molecule has 0 aliphatic heterocycles. The molecule has 0 saturated heterocycles. The Kier molecular flexibility index (Phi) is 4.54. The van der Waals surface area contributed by atoms with Gasteiger partial charge in [-0.2, -0.15) is 0 Å². The van der Waals surface area contributed by atoms with Crippen molar-refractivity contribution in [1.29, 1.82) is 0 Å². The van der Waals surface area contributed by atoms with Crippen LogP contribution in [0.3, 0.4) is 0 Å². The fraction of sp³-hybridized carbons (Fsp3) is 0.750. The number of nitrogens with two attached hydrogens (primary N) is 1. The summed E-state index contributed by atoms with van der Waals surface area (Å²) in [5.74, 6) is -0.381. The fourth-order valence-corrected chi connectivity index (χ4v) is 3.81. The van der Waals surface area contributed by atoms with Gasteiger partial charge in [-0.15, -0.1) is 5.10 Å². The van der Waals surface area contributed by atoms with Gasteiger partial charge in [-0.25, -0.2) is 8.42 Å². The number of hydrogen-bond donors (Lipinski definition) is 1. The molecule has 1 saturated carbocycles. The Morgan fingerprint density at radius 2 is 2.25 bits per heavy atom. The molecule has 1 aromatic heterocycles. The third-order valence-corrected chi connectivity index (χ3v) is 5.39. The van der Waals surface area contributed by atoms with E-state index in [2.05, 4.69) is 10.3 Å². The van der Waals surface area contributed by atoms with E-state index in [-0.39, 0.29) is 11.7 Å². The lowest BCUT2D eigenvalue weighted by Gasteiger charge is -2.26. The molecule has 20 heavy (non-hydrogen) atoms. The van der Waals surface area contributed by atoms with E-state index in [0.717, 1.165) is 6.42 Å². The van der Waals surface area contributed by atoms with Gasteiger partial charge in [0, 0.05) is 18.7 Å². The Morgan fingerprint density at radius 1 is 1.50 bits per heavy atom. The number of aromatic nitrogens is 3. The molecule has 2 unspecified atom stereocenters. The average Bonchev–Trinajstić information content (AvgIpc) is 2.86. The minimum absolute atomic E-state index is 0.110. The van der Waals surface area contributed by atoms with E-state index in [1.165, 1.54) is 10.9 Å². The SMILES string of the molecule is CS(=O)(=O)C1CCCC(C(=O)c2cn(CCN)nn2)C1. The van der Waals surface area contributed by atoms with Crippen molar-refractivity contribution in [2.45, 2.75) is 37.5 Å². The van der Waals surface area contributed by atoms with E-state index < -0.39 is 15.1 Å². The van der Waals surface area contributed by atoms with Crippen LogP contribution in [0.2, 0.25) is 0 Å². The summed E-state index contributed by atoms with van der Waals surface area (Å²) in [6.45, 7) is 0.938. The van der Waals surface area contributed by atoms with Crippen LogP contribution in [0, 0.1) is 5.92 Å². The number of rotatable bonds is 5. The van der Waals surface area contributed by atoms with E-state index >= 15 is 0 Å². The van der Waals surface area contributed by atoms with Crippen molar-refractivity contribution in [2.24, 2.45) is 11.7 Å². The minimum atomic E-state index is -3.09. The number of hydrogen-bond acceptors (Lipinski definition) is 6. The Labute approximate surface area is 118 Å². The largest absolute Gasteiger partial charge is 0.329 e. The number of nitrogens with zero attached hydrogens (tertiary/aromatic N) is 3. The zero-order chi connectivity index (χ0) is 14.8. The number of sulfone groups is 1. The van der Waals surface area contributed by atoms with E-state index in [1.54, 1.807) is 6.20 Å². The highest BCUT2D eigenvalue weighted by Crippen LogP contribution is 2.30. The van der Waals surface area contributed by atoms with E-state index in [1.807, 2.05) is 0 Å². The molecule has 1 aromatic rings. The predicted octanol–water partition coefficient (Wildman–Crippen LogP) is 0.0229. The second-order valence-corrected chi connectivity index (χ2v) is 7.66. The lowest BCUT2D eigenvalue weighted by molar-refractivity contribution is 0.0885. The first-order valence-corrected chi connectivity index (χ1v) is 8.70. The van der Waals surface area contributed by atoms with Gasteiger partial charge in [0.1, 0.15) is 15.5 Å². The van der Waals surface area contributed by atoms with Crippen molar-refractivity contribution in [2.75, 3.05) is 12.8 Å². The first kappa shape index (κ1) is 15.1. The zero-order valence-corrected chi connectivity index (χ0v) is 12.3. The van der Waals surface area contributed by atoms with E-state index in [4.69, 9.17) is 5.73 Å². The third kappa shape index (κ3) is 3.43. The Bertz CT molecular complexity index is 581. The summed E-state index contributed by atoms with van der Waals surface area (Å²) in [7, 11) is -3.09. The van der Waals surface area contributed by atoms with Gasteiger partial charge in [-0.3, -0.25) is 9.48 Å². The molecule has 0 spiro atoms. The quantitative estimate of drug-likeness (QED) is 0.768. The Hall–Kier alpha value is -1.28. The molecule has 0 bridgehead atoms. The minimum Gasteiger partial charge on any atom is -0.329 e. The zero-order valence-electron chi connectivity index (χ0n) is 11.5. The van der Waals surface area contributed by atoms with Gasteiger partial charge in [0.25, 0.3) is 0 Å². The summed E-state index contributed by atoms with van der Waals surface area (Å²) in [5, 5.41) is 7.28. The van der Waals surface area contributed by atoms with Crippen molar-refractivity contribution in [3.05, 3.63) is 11.9 Å². The molecular formula is C12H20N4O3S. The molecule has 0 aromatic carbocycles. The smallest absolute Gasteiger partial charge is 0.187 e. The van der Waals surface area contributed by atoms with Gasteiger partial charge in [0.15, 0.2) is 5.78 Å². The van der Waals surface area contributed by atoms with Gasteiger partial charge in [0.05, 0.1) is 18.0 Å². The molecule has 8 heteroatoms. The second-order valence-electron chi connectivity index (χ2n) is 5.33. The van der Waals surface area contributed by atoms with Crippen molar-refractivity contribution >= 4 is 15.6 Å². The third-order valence-electron chi connectivity index (χ3n) is 3.75.